The van der Waals surface area contributed by atoms with E-state index in [9.17, 15) is 0 Å². The summed E-state index contributed by atoms with van der Waals surface area (Å²) in [5.41, 5.74) is 29.2. The Hall–Kier alpha value is -10.1. The summed E-state index contributed by atoms with van der Waals surface area (Å²) in [5, 5.41) is 13.5. The van der Waals surface area contributed by atoms with Gasteiger partial charge in [0.15, 0.2) is 0 Å². The monoisotopic (exact) mass is 1230 g/mol. The molecule has 1 heterocycles. The number of hydrogen-bond donors (Lipinski definition) is 0. The molecular formula is C87H55I. The topological polar surface area (TPSA) is 0 Å². The molecule has 1 heteroatoms. The maximum atomic E-state index is 2.62. The van der Waals surface area contributed by atoms with Gasteiger partial charge in [-0.2, -0.15) is 0 Å². The van der Waals surface area contributed by atoms with Crippen LogP contribution in [0.15, 0.2) is 297 Å². The second kappa shape index (κ2) is 19.7. The molecule has 14 aromatic rings. The predicted molar refractivity (Wildman–Crippen MR) is 384 cm³/mol. The largest absolute Gasteiger partial charge is 0.0849 e. The quantitative estimate of drug-likeness (QED) is 0.0808. The van der Waals surface area contributed by atoms with E-state index in [1.165, 1.54) is 180 Å². The van der Waals surface area contributed by atoms with Gasteiger partial charge in [0.25, 0.3) is 0 Å². The van der Waals surface area contributed by atoms with Crippen LogP contribution in [0.2, 0.25) is 0 Å². The fourth-order valence-corrected chi connectivity index (χ4v) is 18.7. The molecule has 0 saturated carbocycles. The highest BCUT2D eigenvalue weighted by Crippen LogP contribution is 2.65. The zero-order valence-corrected chi connectivity index (χ0v) is 50.3. The molecule has 0 aromatic heterocycles. The minimum absolute atomic E-state index is 0.0733. The molecule has 3 atom stereocenters. The number of allylic oxidation sites excluding steroid dienone is 8. The highest BCUT2D eigenvalue weighted by Gasteiger charge is 2.45. The zero-order chi connectivity index (χ0) is 57.6. The van der Waals surface area contributed by atoms with Gasteiger partial charge in [0.05, 0.1) is 0 Å². The zero-order valence-electron chi connectivity index (χ0n) is 48.2. The van der Waals surface area contributed by atoms with Crippen molar-refractivity contribution < 1.29 is 0 Å². The highest BCUT2D eigenvalue weighted by atomic mass is 127. The Balaban J connectivity index is 0.904. The van der Waals surface area contributed by atoms with Gasteiger partial charge in [-0.25, -0.2) is 0 Å². The molecule has 0 saturated heterocycles. The SMILES string of the molecule is C1=CC=C(c2c3c(c(-c4ccccc4)c4cc(-c5ccccc5)c(-c5ccccc5)cc24)-c2ccc4c5ccc6c7c(ccc(c8ccc-3c2c48)c75)C2C6=C(c3ccccc3)c3cc(C4C=CC=CC4)c(-c4ccccc4)cc3C2c2ccccc2)I=C1. The molecule has 0 nitrogen and oxygen atoms in total. The van der Waals surface area contributed by atoms with Gasteiger partial charge in [-0.3, -0.25) is 0 Å². The molecule has 0 amide bonds. The van der Waals surface area contributed by atoms with E-state index in [4.69, 9.17) is 0 Å². The number of halogens is 1. The normalized spacial score (nSPS) is 16.9. The van der Waals surface area contributed by atoms with Crippen molar-refractivity contribution in [3.05, 3.63) is 342 Å². The van der Waals surface area contributed by atoms with Crippen LogP contribution in [0.5, 0.6) is 0 Å². The third-order valence-electron chi connectivity index (χ3n) is 20.0. The van der Waals surface area contributed by atoms with Crippen molar-refractivity contribution in [1.82, 2.24) is 0 Å². The standard InChI is InChI=1S/C87H55I/c1-8-24-52(25-9-1)67-48-71-72(49-68(67)53-26-10-2-11-27-53)77(57-34-18-6-19-35-57)85-64-44-40-60-62-42-46-66-82-65(45-41-61(80(62)82)59-39-43-63(81(64)79(59)60)84(85)76(71)56-32-16-5-17-33-56)86-78(58-36-20-7-21-37-58)73-50-69(54-28-12-3-13-29-54)70(55-30-14-4-15-31-55)51-74(73)83(87(66)86)75-38-22-23-47-88-75/h1-24,26-52,77,85H,25H2. The van der Waals surface area contributed by atoms with Gasteiger partial charge < -0.3 is 0 Å². The summed E-state index contributed by atoms with van der Waals surface area (Å²) in [4.78, 5) is 0. The van der Waals surface area contributed by atoms with E-state index in [2.05, 4.69) is 301 Å². The number of hydrogen-bond acceptors (Lipinski definition) is 0. The van der Waals surface area contributed by atoms with Crippen LogP contribution in [0.1, 0.15) is 68.7 Å². The number of rotatable bonds is 8. The van der Waals surface area contributed by atoms with Gasteiger partial charge >= 0.3 is 0 Å². The van der Waals surface area contributed by atoms with Crippen molar-refractivity contribution in [2.75, 3.05) is 0 Å². The third-order valence-corrected chi connectivity index (χ3v) is 22.4. The van der Waals surface area contributed by atoms with Gasteiger partial charge in [0.2, 0.25) is 0 Å². The molecule has 0 N–H and O–H groups in total. The molecule has 410 valence electrons. The van der Waals surface area contributed by atoms with Crippen molar-refractivity contribution in [1.29, 1.82) is 0 Å². The van der Waals surface area contributed by atoms with Crippen LogP contribution in [-0.2, 0) is 0 Å². The maximum Gasteiger partial charge on any atom is 0.0218 e. The Morgan fingerprint density at radius 2 is 0.818 bits per heavy atom. The van der Waals surface area contributed by atoms with Crippen molar-refractivity contribution in [3.63, 3.8) is 0 Å². The van der Waals surface area contributed by atoms with Crippen LogP contribution in [0.3, 0.4) is 0 Å². The van der Waals surface area contributed by atoms with Crippen LogP contribution in [-0.4, -0.2) is 4.01 Å². The lowest BCUT2D eigenvalue weighted by molar-refractivity contribution is 0.731. The van der Waals surface area contributed by atoms with Gasteiger partial charge in [-0.05, 0) is 211 Å². The highest BCUT2D eigenvalue weighted by molar-refractivity contribution is 14.2. The number of fused-ring (bicyclic) bond motifs is 10. The molecule has 0 bridgehead atoms. The van der Waals surface area contributed by atoms with Gasteiger partial charge in [0, 0.05) is 26.9 Å². The first kappa shape index (κ1) is 50.1. The van der Waals surface area contributed by atoms with E-state index in [0.29, 0.717) is 0 Å². The molecule has 3 unspecified atom stereocenters. The van der Waals surface area contributed by atoms with E-state index < -0.39 is 20.7 Å². The van der Waals surface area contributed by atoms with Crippen molar-refractivity contribution in [3.8, 4) is 66.8 Å². The fraction of sp³-hybridized carbons (Fsp3) is 0.0460. The van der Waals surface area contributed by atoms with Gasteiger partial charge in [-0.1, -0.05) is 288 Å². The van der Waals surface area contributed by atoms with Gasteiger partial charge in [-0.15, -0.1) is 0 Å². The fourth-order valence-electron chi connectivity index (χ4n) is 16.5. The number of benzene rings is 14. The molecule has 4 aliphatic carbocycles. The third kappa shape index (κ3) is 7.29. The molecule has 88 heavy (non-hydrogen) atoms. The average Bonchev–Trinajstić information content (AvgIpc) is 1.77. The van der Waals surface area contributed by atoms with Crippen LogP contribution >= 0.6 is 20.7 Å². The van der Waals surface area contributed by atoms with Crippen LogP contribution in [0.4, 0.5) is 0 Å². The molecule has 0 radical (unpaired) electrons. The summed E-state index contributed by atoms with van der Waals surface area (Å²) in [5.74, 6) is 0.415. The molecule has 19 rings (SSSR count). The van der Waals surface area contributed by atoms with Gasteiger partial charge in [0.1, 0.15) is 0 Å². The molecular weight excluding hydrogens is 1170 g/mol. The molecule has 14 aromatic carbocycles. The van der Waals surface area contributed by atoms with Crippen molar-refractivity contribution in [2.45, 2.75) is 24.2 Å². The van der Waals surface area contributed by atoms with E-state index in [-0.39, 0.29) is 17.8 Å². The van der Waals surface area contributed by atoms with E-state index in [1.807, 2.05) is 0 Å². The van der Waals surface area contributed by atoms with E-state index in [1.54, 1.807) is 0 Å². The summed E-state index contributed by atoms with van der Waals surface area (Å²) in [6.45, 7) is 0. The molecule has 1 aliphatic heterocycles. The minimum Gasteiger partial charge on any atom is -0.0849 e. The smallest absolute Gasteiger partial charge is 0.0218 e. The lowest BCUT2D eigenvalue weighted by Crippen LogP contribution is -2.20. The summed E-state index contributed by atoms with van der Waals surface area (Å²) in [6.07, 6.45) is 17.1. The summed E-state index contributed by atoms with van der Waals surface area (Å²) >= 11 is -0.432. The Labute approximate surface area is 522 Å². The summed E-state index contributed by atoms with van der Waals surface area (Å²) in [6, 6.07) is 97.9. The lowest BCUT2D eigenvalue weighted by Gasteiger charge is -2.37. The summed E-state index contributed by atoms with van der Waals surface area (Å²) < 4.78 is 3.90. The summed E-state index contributed by atoms with van der Waals surface area (Å²) in [7, 11) is 0. The average molecular weight is 1230 g/mol. The first-order chi connectivity index (χ1) is 43.7. The molecule has 0 spiro atoms. The van der Waals surface area contributed by atoms with Crippen LogP contribution in [0, 0.1) is 0 Å². The Bertz CT molecular complexity index is 5450. The van der Waals surface area contributed by atoms with Crippen molar-refractivity contribution in [2.24, 2.45) is 0 Å². The maximum absolute atomic E-state index is 2.62. The second-order valence-corrected chi connectivity index (χ2v) is 26.9. The molecule has 5 aliphatic rings. The predicted octanol–water partition coefficient (Wildman–Crippen LogP) is 23.7. The van der Waals surface area contributed by atoms with E-state index in [0.717, 1.165) is 6.42 Å². The van der Waals surface area contributed by atoms with E-state index >= 15 is 0 Å². The second-order valence-electron chi connectivity index (χ2n) is 24.4. The Morgan fingerprint density at radius 3 is 1.40 bits per heavy atom. The first-order valence-electron chi connectivity index (χ1n) is 31.0. The van der Waals surface area contributed by atoms with Crippen molar-refractivity contribution >= 4 is 93.3 Å². The Morgan fingerprint density at radius 1 is 0.307 bits per heavy atom. The lowest BCUT2D eigenvalue weighted by atomic mass is 9.65. The van der Waals surface area contributed by atoms with Crippen LogP contribution in [0.25, 0.3) is 135 Å². The molecule has 0 fully saturated rings. The van der Waals surface area contributed by atoms with Crippen LogP contribution < -0.4 is 0 Å². The minimum atomic E-state index is -0.432. The first-order valence-corrected chi connectivity index (χ1v) is 33.4. The Kier molecular flexibility index (Phi) is 11.2.